The summed E-state index contributed by atoms with van der Waals surface area (Å²) < 4.78 is 5.31. The Labute approximate surface area is 122 Å². The van der Waals surface area contributed by atoms with Gasteiger partial charge in [-0.05, 0) is 36.4 Å². The maximum Gasteiger partial charge on any atom is 0.262 e. The minimum Gasteiger partial charge on any atom is -0.484 e. The Kier molecular flexibility index (Phi) is 4.53. The number of carbonyl (C=O) groups excluding carboxylic acids is 1. The highest BCUT2D eigenvalue weighted by Crippen LogP contribution is 2.14. The van der Waals surface area contributed by atoms with Gasteiger partial charge in [0.1, 0.15) is 11.8 Å². The van der Waals surface area contributed by atoms with E-state index >= 15 is 0 Å². The molecule has 2 aromatic carbocycles. The molecule has 0 saturated heterocycles. The van der Waals surface area contributed by atoms with Gasteiger partial charge in [0.25, 0.3) is 5.91 Å². The molecule has 0 saturated carbocycles. The van der Waals surface area contributed by atoms with Gasteiger partial charge in [0.15, 0.2) is 6.61 Å². The summed E-state index contributed by atoms with van der Waals surface area (Å²) in [7, 11) is 0. The van der Waals surface area contributed by atoms with E-state index in [1.54, 1.807) is 48.5 Å². The van der Waals surface area contributed by atoms with Crippen LogP contribution >= 0.6 is 0 Å². The fourth-order valence-corrected chi connectivity index (χ4v) is 1.65. The molecule has 5 nitrogen and oxygen atoms in total. The van der Waals surface area contributed by atoms with Crippen molar-refractivity contribution in [3.8, 4) is 17.9 Å². The van der Waals surface area contributed by atoms with Gasteiger partial charge in [-0.1, -0.05) is 12.1 Å². The lowest BCUT2D eigenvalue weighted by atomic mass is 10.2. The second kappa shape index (κ2) is 6.74. The summed E-state index contributed by atoms with van der Waals surface area (Å²) >= 11 is 0. The van der Waals surface area contributed by atoms with Crippen molar-refractivity contribution >= 4 is 11.6 Å². The van der Waals surface area contributed by atoms with Crippen molar-refractivity contribution in [1.29, 1.82) is 10.5 Å². The van der Waals surface area contributed by atoms with Crippen molar-refractivity contribution in [1.82, 2.24) is 0 Å². The van der Waals surface area contributed by atoms with Crippen LogP contribution in [0.1, 0.15) is 11.1 Å². The summed E-state index contributed by atoms with van der Waals surface area (Å²) in [5.41, 5.74) is 1.37. The van der Waals surface area contributed by atoms with Crippen LogP contribution in [0, 0.1) is 22.7 Å². The van der Waals surface area contributed by atoms with E-state index in [9.17, 15) is 4.79 Å². The van der Waals surface area contributed by atoms with Crippen LogP contribution in [-0.4, -0.2) is 12.5 Å². The SMILES string of the molecule is N#Cc1ccc(OCC(=O)Nc2ccccc2C#N)cc1. The Hall–Kier alpha value is -3.31. The predicted molar refractivity (Wildman–Crippen MR) is 76.4 cm³/mol. The van der Waals surface area contributed by atoms with E-state index in [0.717, 1.165) is 0 Å². The van der Waals surface area contributed by atoms with Crippen LogP contribution in [0.25, 0.3) is 0 Å². The van der Waals surface area contributed by atoms with E-state index in [2.05, 4.69) is 5.32 Å². The van der Waals surface area contributed by atoms with Crippen LogP contribution in [0.5, 0.6) is 5.75 Å². The Bertz CT molecular complexity index is 724. The third kappa shape index (κ3) is 3.82. The lowest BCUT2D eigenvalue weighted by molar-refractivity contribution is -0.118. The van der Waals surface area contributed by atoms with E-state index < -0.39 is 0 Å². The fraction of sp³-hybridized carbons (Fsp3) is 0.0625. The Morgan fingerprint density at radius 1 is 1.05 bits per heavy atom. The molecule has 2 aromatic rings. The highest BCUT2D eigenvalue weighted by Gasteiger charge is 2.07. The van der Waals surface area contributed by atoms with Gasteiger partial charge in [-0.15, -0.1) is 0 Å². The van der Waals surface area contributed by atoms with Crippen molar-refractivity contribution < 1.29 is 9.53 Å². The van der Waals surface area contributed by atoms with Gasteiger partial charge in [-0.3, -0.25) is 4.79 Å². The molecule has 0 unspecified atom stereocenters. The summed E-state index contributed by atoms with van der Waals surface area (Å²) in [5, 5.41) is 20.2. The van der Waals surface area contributed by atoms with Crippen molar-refractivity contribution in [2.24, 2.45) is 0 Å². The predicted octanol–water partition coefficient (Wildman–Crippen LogP) is 2.45. The topological polar surface area (TPSA) is 85.9 Å². The molecule has 0 aliphatic heterocycles. The van der Waals surface area contributed by atoms with E-state index in [4.69, 9.17) is 15.3 Å². The Balaban J connectivity index is 1.93. The van der Waals surface area contributed by atoms with Gasteiger partial charge >= 0.3 is 0 Å². The van der Waals surface area contributed by atoms with E-state index in [0.29, 0.717) is 22.6 Å². The zero-order valence-electron chi connectivity index (χ0n) is 11.0. The fourth-order valence-electron chi connectivity index (χ4n) is 1.65. The molecule has 0 aliphatic rings. The maximum atomic E-state index is 11.8. The lowest BCUT2D eigenvalue weighted by Gasteiger charge is -2.08. The summed E-state index contributed by atoms with van der Waals surface area (Å²) in [6.07, 6.45) is 0. The second-order valence-corrected chi connectivity index (χ2v) is 4.13. The van der Waals surface area contributed by atoms with Gasteiger partial charge in [0.2, 0.25) is 0 Å². The summed E-state index contributed by atoms with van der Waals surface area (Å²) in [6, 6.07) is 17.2. The number of benzene rings is 2. The number of ether oxygens (including phenoxy) is 1. The van der Waals surface area contributed by atoms with E-state index in [1.165, 1.54) is 0 Å². The van der Waals surface area contributed by atoms with Crippen LogP contribution < -0.4 is 10.1 Å². The molecule has 21 heavy (non-hydrogen) atoms. The van der Waals surface area contributed by atoms with Gasteiger partial charge in [-0.2, -0.15) is 10.5 Å². The van der Waals surface area contributed by atoms with Crippen molar-refractivity contribution in [3.63, 3.8) is 0 Å². The van der Waals surface area contributed by atoms with Gasteiger partial charge < -0.3 is 10.1 Å². The highest BCUT2D eigenvalue weighted by molar-refractivity contribution is 5.93. The molecule has 1 amide bonds. The molecule has 0 radical (unpaired) electrons. The molecule has 0 bridgehead atoms. The van der Waals surface area contributed by atoms with Gasteiger partial charge in [0, 0.05) is 0 Å². The molecule has 2 rings (SSSR count). The number of nitriles is 2. The highest BCUT2D eigenvalue weighted by atomic mass is 16.5. The maximum absolute atomic E-state index is 11.8. The van der Waals surface area contributed by atoms with E-state index in [-0.39, 0.29) is 12.5 Å². The molecule has 102 valence electrons. The van der Waals surface area contributed by atoms with Gasteiger partial charge in [-0.25, -0.2) is 0 Å². The first-order valence-electron chi connectivity index (χ1n) is 6.15. The Morgan fingerprint density at radius 2 is 1.76 bits per heavy atom. The molecule has 0 aliphatic carbocycles. The van der Waals surface area contributed by atoms with Crippen molar-refractivity contribution in [2.75, 3.05) is 11.9 Å². The molecule has 0 atom stereocenters. The second-order valence-electron chi connectivity index (χ2n) is 4.13. The van der Waals surface area contributed by atoms with Crippen molar-refractivity contribution in [2.45, 2.75) is 0 Å². The number of amides is 1. The number of para-hydroxylation sites is 1. The van der Waals surface area contributed by atoms with Crippen molar-refractivity contribution in [3.05, 3.63) is 59.7 Å². The number of anilines is 1. The number of nitrogens with zero attached hydrogens (tertiary/aromatic N) is 2. The third-order valence-corrected chi connectivity index (χ3v) is 2.67. The normalized spacial score (nSPS) is 9.24. The summed E-state index contributed by atoms with van der Waals surface area (Å²) in [5.74, 6) is 0.139. The average molecular weight is 277 g/mol. The number of hydrogen-bond donors (Lipinski definition) is 1. The molecule has 0 fully saturated rings. The zero-order chi connectivity index (χ0) is 15.1. The van der Waals surface area contributed by atoms with Crippen LogP contribution in [0.3, 0.4) is 0 Å². The number of carbonyl (C=O) groups is 1. The molecular formula is C16H11N3O2. The first-order chi connectivity index (χ1) is 10.2. The Morgan fingerprint density at radius 3 is 2.43 bits per heavy atom. The first kappa shape index (κ1) is 14.1. The number of rotatable bonds is 4. The minimum atomic E-state index is -0.359. The number of nitrogens with one attached hydrogen (secondary N) is 1. The molecule has 1 N–H and O–H groups in total. The molecule has 0 heterocycles. The summed E-state index contributed by atoms with van der Waals surface area (Å²) in [4.78, 5) is 11.8. The molecule has 0 spiro atoms. The smallest absolute Gasteiger partial charge is 0.262 e. The van der Waals surface area contributed by atoms with Crippen LogP contribution in [0.2, 0.25) is 0 Å². The van der Waals surface area contributed by atoms with Crippen LogP contribution in [0.15, 0.2) is 48.5 Å². The lowest BCUT2D eigenvalue weighted by Crippen LogP contribution is -2.20. The molecule has 0 aromatic heterocycles. The largest absolute Gasteiger partial charge is 0.484 e. The van der Waals surface area contributed by atoms with Gasteiger partial charge in [0.05, 0.1) is 22.9 Å². The zero-order valence-corrected chi connectivity index (χ0v) is 11.0. The van der Waals surface area contributed by atoms with E-state index in [1.807, 2.05) is 12.1 Å². The average Bonchev–Trinajstić information content (AvgIpc) is 2.54. The summed E-state index contributed by atoms with van der Waals surface area (Å²) in [6.45, 7) is -0.175. The van der Waals surface area contributed by atoms with Crippen LogP contribution in [-0.2, 0) is 4.79 Å². The monoisotopic (exact) mass is 277 g/mol. The minimum absolute atomic E-state index is 0.175. The first-order valence-corrected chi connectivity index (χ1v) is 6.15. The third-order valence-electron chi connectivity index (χ3n) is 2.67. The quantitative estimate of drug-likeness (QED) is 0.930. The number of hydrogen-bond acceptors (Lipinski definition) is 4. The van der Waals surface area contributed by atoms with Crippen LogP contribution in [0.4, 0.5) is 5.69 Å². The molecular weight excluding hydrogens is 266 g/mol. The molecule has 5 heteroatoms. The standard InChI is InChI=1S/C16H11N3O2/c17-9-12-5-7-14(8-6-12)21-11-16(20)19-15-4-2-1-3-13(15)10-18/h1-8H,11H2,(H,19,20).